The van der Waals surface area contributed by atoms with Crippen molar-refractivity contribution in [2.24, 2.45) is 5.92 Å². The molecule has 1 aliphatic carbocycles. The topological polar surface area (TPSA) is 44.1 Å². The quantitative estimate of drug-likeness (QED) is 0.610. The number of ether oxygens (including phenoxy) is 1. The van der Waals surface area contributed by atoms with Crippen LogP contribution in [-0.2, 0) is 9.53 Å². The van der Waals surface area contributed by atoms with Crippen LogP contribution in [0.5, 0.6) is 0 Å². The molecule has 0 atom stereocenters. The number of rotatable bonds is 2. The maximum atomic E-state index is 11.8. The van der Waals surface area contributed by atoms with Crippen LogP contribution in [0, 0.1) is 9.49 Å². The first-order valence-corrected chi connectivity index (χ1v) is 6.85. The Morgan fingerprint density at radius 1 is 1.53 bits per heavy atom. The van der Waals surface area contributed by atoms with Gasteiger partial charge in [0.25, 0.3) is 0 Å². The first kappa shape index (κ1) is 12.9. The Kier molecular flexibility index (Phi) is 3.47. The molecule has 0 aliphatic heterocycles. The summed E-state index contributed by atoms with van der Waals surface area (Å²) in [5.74, 6) is -0.0308. The maximum absolute atomic E-state index is 11.8. The number of hydrogen-bond acceptors (Lipinski definition) is 3. The third-order valence-corrected chi connectivity index (χ3v) is 3.35. The predicted molar refractivity (Wildman–Crippen MR) is 72.6 cm³/mol. The van der Waals surface area contributed by atoms with Crippen molar-refractivity contribution in [3.8, 4) is 0 Å². The molecule has 0 N–H and O–H groups in total. The lowest BCUT2D eigenvalue weighted by Gasteiger charge is -2.35. The molecule has 0 unspecified atom stereocenters. The van der Waals surface area contributed by atoms with Crippen LogP contribution in [0.25, 0.3) is 0 Å². The highest BCUT2D eigenvalue weighted by Crippen LogP contribution is 2.38. The van der Waals surface area contributed by atoms with E-state index >= 15 is 0 Å². The van der Waals surface area contributed by atoms with Crippen LogP contribution in [0.1, 0.15) is 39.7 Å². The van der Waals surface area contributed by atoms with Crippen LogP contribution >= 0.6 is 22.6 Å². The molecule has 1 aromatic rings. The van der Waals surface area contributed by atoms with E-state index in [0.29, 0.717) is 6.04 Å². The lowest BCUT2D eigenvalue weighted by molar-refractivity contribution is -0.164. The largest absolute Gasteiger partial charge is 0.460 e. The molecule has 2 rings (SSSR count). The van der Waals surface area contributed by atoms with E-state index in [1.807, 2.05) is 37.8 Å². The van der Waals surface area contributed by atoms with E-state index < -0.39 is 0 Å². The van der Waals surface area contributed by atoms with Crippen molar-refractivity contribution in [2.75, 3.05) is 0 Å². The highest BCUT2D eigenvalue weighted by molar-refractivity contribution is 14.1. The SMILES string of the molecule is CC(C)(C)OC(=O)C1CC(n2cc(I)cn2)C1. The summed E-state index contributed by atoms with van der Waals surface area (Å²) >= 11 is 2.24. The van der Waals surface area contributed by atoms with Gasteiger partial charge in [0, 0.05) is 6.20 Å². The fourth-order valence-corrected chi connectivity index (χ4v) is 2.31. The van der Waals surface area contributed by atoms with Gasteiger partial charge in [-0.1, -0.05) is 0 Å². The van der Waals surface area contributed by atoms with Crippen molar-refractivity contribution in [3.63, 3.8) is 0 Å². The first-order chi connectivity index (χ1) is 7.85. The third-order valence-electron chi connectivity index (χ3n) is 2.80. The smallest absolute Gasteiger partial charge is 0.309 e. The van der Waals surface area contributed by atoms with Crippen molar-refractivity contribution < 1.29 is 9.53 Å². The second-order valence-corrected chi connectivity index (χ2v) is 6.74. The molecular formula is C12H17IN2O2. The van der Waals surface area contributed by atoms with Crippen molar-refractivity contribution in [3.05, 3.63) is 16.0 Å². The molecular weight excluding hydrogens is 331 g/mol. The Balaban J connectivity index is 1.85. The van der Waals surface area contributed by atoms with Gasteiger partial charge in [-0.3, -0.25) is 9.48 Å². The van der Waals surface area contributed by atoms with Gasteiger partial charge < -0.3 is 4.74 Å². The number of nitrogens with zero attached hydrogens (tertiary/aromatic N) is 2. The third kappa shape index (κ3) is 3.20. The maximum Gasteiger partial charge on any atom is 0.309 e. The molecule has 1 fully saturated rings. The number of hydrogen-bond donors (Lipinski definition) is 0. The van der Waals surface area contributed by atoms with E-state index in [9.17, 15) is 4.79 Å². The lowest BCUT2D eigenvalue weighted by atomic mass is 9.80. The monoisotopic (exact) mass is 348 g/mol. The summed E-state index contributed by atoms with van der Waals surface area (Å²) in [6.07, 6.45) is 5.53. The molecule has 1 saturated carbocycles. The minimum absolute atomic E-state index is 0.0427. The van der Waals surface area contributed by atoms with Crippen LogP contribution < -0.4 is 0 Å². The molecule has 0 radical (unpaired) electrons. The highest BCUT2D eigenvalue weighted by atomic mass is 127. The number of aromatic nitrogens is 2. The Labute approximate surface area is 115 Å². The highest BCUT2D eigenvalue weighted by Gasteiger charge is 2.38. The fraction of sp³-hybridized carbons (Fsp3) is 0.667. The molecule has 0 aromatic carbocycles. The minimum Gasteiger partial charge on any atom is -0.460 e. The van der Waals surface area contributed by atoms with Crippen molar-refractivity contribution in [1.82, 2.24) is 9.78 Å². The molecule has 1 heterocycles. The summed E-state index contributed by atoms with van der Waals surface area (Å²) in [6, 6.07) is 0.357. The summed E-state index contributed by atoms with van der Waals surface area (Å²) in [5, 5.41) is 4.26. The van der Waals surface area contributed by atoms with Crippen molar-refractivity contribution in [2.45, 2.75) is 45.3 Å². The van der Waals surface area contributed by atoms with Crippen molar-refractivity contribution in [1.29, 1.82) is 0 Å². The minimum atomic E-state index is -0.386. The van der Waals surface area contributed by atoms with E-state index in [1.165, 1.54) is 0 Å². The molecule has 1 aromatic heterocycles. The van der Waals surface area contributed by atoms with E-state index in [-0.39, 0.29) is 17.5 Å². The van der Waals surface area contributed by atoms with E-state index in [1.54, 1.807) is 0 Å². The number of esters is 1. The average molecular weight is 348 g/mol. The zero-order valence-electron chi connectivity index (χ0n) is 10.3. The normalized spacial score (nSPS) is 24.2. The number of carbonyl (C=O) groups excluding carboxylic acids is 1. The van der Waals surface area contributed by atoms with Gasteiger partial charge in [-0.25, -0.2) is 0 Å². The van der Waals surface area contributed by atoms with Crippen LogP contribution in [0.2, 0.25) is 0 Å². The van der Waals surface area contributed by atoms with Gasteiger partial charge in [-0.15, -0.1) is 0 Å². The van der Waals surface area contributed by atoms with Gasteiger partial charge in [0.2, 0.25) is 0 Å². The van der Waals surface area contributed by atoms with E-state index in [4.69, 9.17) is 4.74 Å². The fourth-order valence-electron chi connectivity index (χ4n) is 1.90. The second kappa shape index (κ2) is 4.59. The van der Waals surface area contributed by atoms with E-state index in [2.05, 4.69) is 27.7 Å². The van der Waals surface area contributed by atoms with E-state index in [0.717, 1.165) is 16.4 Å². The number of carbonyl (C=O) groups is 1. The molecule has 4 nitrogen and oxygen atoms in total. The standard InChI is InChI=1S/C12H17IN2O2/c1-12(2,3)17-11(16)8-4-10(5-8)15-7-9(13)6-14-15/h6-8,10H,4-5H2,1-3H3. The van der Waals surface area contributed by atoms with Gasteiger partial charge in [0.1, 0.15) is 5.60 Å². The van der Waals surface area contributed by atoms with Crippen LogP contribution in [0.15, 0.2) is 12.4 Å². The molecule has 0 amide bonds. The summed E-state index contributed by atoms with van der Waals surface area (Å²) in [6.45, 7) is 5.70. The van der Waals surface area contributed by atoms with Crippen LogP contribution in [0.3, 0.4) is 0 Å². The Bertz CT molecular complexity index is 416. The Morgan fingerprint density at radius 3 is 2.65 bits per heavy atom. The van der Waals surface area contributed by atoms with Gasteiger partial charge in [-0.2, -0.15) is 5.10 Å². The van der Waals surface area contributed by atoms with Crippen LogP contribution in [-0.4, -0.2) is 21.4 Å². The zero-order chi connectivity index (χ0) is 12.6. The predicted octanol–water partition coefficient (Wildman–Crippen LogP) is 2.78. The molecule has 94 valence electrons. The Morgan fingerprint density at radius 2 is 2.18 bits per heavy atom. The molecule has 1 aliphatic rings. The molecule has 0 bridgehead atoms. The first-order valence-electron chi connectivity index (χ1n) is 5.77. The van der Waals surface area contributed by atoms with Gasteiger partial charge in [0.05, 0.1) is 21.7 Å². The van der Waals surface area contributed by atoms with Gasteiger partial charge >= 0.3 is 5.97 Å². The molecule has 0 spiro atoms. The lowest BCUT2D eigenvalue weighted by Crippen LogP contribution is -2.37. The van der Waals surface area contributed by atoms with Crippen LogP contribution in [0.4, 0.5) is 0 Å². The summed E-state index contributed by atoms with van der Waals surface area (Å²) in [7, 11) is 0. The average Bonchev–Trinajstić information content (AvgIpc) is 2.45. The molecule has 5 heteroatoms. The second-order valence-electron chi connectivity index (χ2n) is 5.49. The van der Waals surface area contributed by atoms with Gasteiger partial charge in [-0.05, 0) is 56.2 Å². The summed E-state index contributed by atoms with van der Waals surface area (Å²) < 4.78 is 8.44. The number of halogens is 1. The summed E-state index contributed by atoms with van der Waals surface area (Å²) in [5.41, 5.74) is -0.386. The molecule has 0 saturated heterocycles. The summed E-state index contributed by atoms with van der Waals surface area (Å²) in [4.78, 5) is 11.8. The Hall–Kier alpha value is -0.590. The molecule has 17 heavy (non-hydrogen) atoms. The zero-order valence-corrected chi connectivity index (χ0v) is 12.5. The van der Waals surface area contributed by atoms with Gasteiger partial charge in [0.15, 0.2) is 0 Å². The van der Waals surface area contributed by atoms with Crippen molar-refractivity contribution >= 4 is 28.6 Å².